The van der Waals surface area contributed by atoms with Gasteiger partial charge in [0, 0.05) is 49.2 Å². The molecule has 2 aliphatic rings. The predicted molar refractivity (Wildman–Crippen MR) is 134 cm³/mol. The summed E-state index contributed by atoms with van der Waals surface area (Å²) in [5, 5.41) is 4.14. The highest BCUT2D eigenvalue weighted by Gasteiger charge is 2.32. The first-order chi connectivity index (χ1) is 16.6. The van der Waals surface area contributed by atoms with Crippen LogP contribution in [0.25, 0.3) is 22.2 Å². The van der Waals surface area contributed by atoms with Crippen LogP contribution in [0, 0.1) is 19.8 Å². The number of carbonyl (C=O) groups excluding carboxylic acids is 1. The molecule has 34 heavy (non-hydrogen) atoms. The van der Waals surface area contributed by atoms with Crippen molar-refractivity contribution in [3.05, 3.63) is 65.2 Å². The van der Waals surface area contributed by atoms with Gasteiger partial charge in [0.25, 0.3) is 5.91 Å². The standard InChI is InChI=1S/C28H33N3O3/c1-19-7-8-22(20(2)15-19)26-16-24(23-5-3-4-6-25(23)30-26)28(32)29-17-27(21-9-12-34-18-21)31-10-13-33-14-11-31/h3-8,15-16,21,27H,9-14,17-18H2,1-2H3,(H,29,32)/t21-,27+/m1/s1. The summed E-state index contributed by atoms with van der Waals surface area (Å²) in [4.78, 5) is 20.9. The highest BCUT2D eigenvalue weighted by molar-refractivity contribution is 6.07. The number of nitrogens with one attached hydrogen (secondary N) is 1. The molecule has 2 fully saturated rings. The topological polar surface area (TPSA) is 63.7 Å². The largest absolute Gasteiger partial charge is 0.381 e. The summed E-state index contributed by atoms with van der Waals surface area (Å²) >= 11 is 0. The molecule has 6 nitrogen and oxygen atoms in total. The SMILES string of the molecule is Cc1ccc(-c2cc(C(=O)NC[C@@H]([C@@H]3CCOC3)N3CCOCC3)c3ccccc3n2)c(C)c1. The van der Waals surface area contributed by atoms with E-state index in [1.807, 2.05) is 30.3 Å². The van der Waals surface area contributed by atoms with Gasteiger partial charge in [-0.25, -0.2) is 4.98 Å². The minimum atomic E-state index is -0.0539. The van der Waals surface area contributed by atoms with Crippen LogP contribution in [0.15, 0.2) is 48.5 Å². The number of carbonyl (C=O) groups is 1. The van der Waals surface area contributed by atoms with Crippen LogP contribution in [0.4, 0.5) is 0 Å². The number of nitrogens with zero attached hydrogens (tertiary/aromatic N) is 2. The van der Waals surface area contributed by atoms with E-state index >= 15 is 0 Å². The molecular formula is C28H33N3O3. The molecule has 1 aromatic heterocycles. The Kier molecular flexibility index (Phi) is 6.90. The Morgan fingerprint density at radius 1 is 1.09 bits per heavy atom. The maximum absolute atomic E-state index is 13.6. The number of aromatic nitrogens is 1. The van der Waals surface area contributed by atoms with Gasteiger partial charge in [0.2, 0.25) is 0 Å². The maximum Gasteiger partial charge on any atom is 0.252 e. The monoisotopic (exact) mass is 459 g/mol. The van der Waals surface area contributed by atoms with Crippen molar-refractivity contribution in [2.75, 3.05) is 46.1 Å². The van der Waals surface area contributed by atoms with E-state index in [2.05, 4.69) is 42.3 Å². The van der Waals surface area contributed by atoms with Crippen LogP contribution in [-0.4, -0.2) is 67.9 Å². The molecule has 0 bridgehead atoms. The molecule has 2 saturated heterocycles. The van der Waals surface area contributed by atoms with Crippen molar-refractivity contribution in [2.45, 2.75) is 26.3 Å². The van der Waals surface area contributed by atoms with Gasteiger partial charge >= 0.3 is 0 Å². The molecule has 0 radical (unpaired) electrons. The molecule has 0 unspecified atom stereocenters. The van der Waals surface area contributed by atoms with Crippen LogP contribution >= 0.6 is 0 Å². The van der Waals surface area contributed by atoms with Gasteiger partial charge in [0.05, 0.1) is 36.6 Å². The summed E-state index contributed by atoms with van der Waals surface area (Å²) in [7, 11) is 0. The van der Waals surface area contributed by atoms with Gasteiger partial charge in [0.1, 0.15) is 0 Å². The molecular weight excluding hydrogens is 426 g/mol. The zero-order valence-electron chi connectivity index (χ0n) is 20.0. The third-order valence-electron chi connectivity index (χ3n) is 7.11. The molecule has 0 spiro atoms. The van der Waals surface area contributed by atoms with Crippen LogP contribution in [-0.2, 0) is 9.47 Å². The molecule has 3 aromatic rings. The van der Waals surface area contributed by atoms with E-state index in [1.54, 1.807) is 0 Å². The van der Waals surface area contributed by atoms with Crippen molar-refractivity contribution in [2.24, 2.45) is 5.92 Å². The second-order valence-corrected chi connectivity index (χ2v) is 9.44. The first-order valence-electron chi connectivity index (χ1n) is 12.3. The molecule has 0 saturated carbocycles. The highest BCUT2D eigenvalue weighted by Crippen LogP contribution is 2.28. The first-order valence-corrected chi connectivity index (χ1v) is 12.3. The van der Waals surface area contributed by atoms with Crippen molar-refractivity contribution in [3.8, 4) is 11.3 Å². The number of para-hydroxylation sites is 1. The van der Waals surface area contributed by atoms with Crippen LogP contribution in [0.5, 0.6) is 0 Å². The zero-order chi connectivity index (χ0) is 23.5. The second-order valence-electron chi connectivity index (χ2n) is 9.44. The van der Waals surface area contributed by atoms with E-state index in [9.17, 15) is 4.79 Å². The normalized spacial score (nSPS) is 19.9. The van der Waals surface area contributed by atoms with E-state index in [-0.39, 0.29) is 11.9 Å². The van der Waals surface area contributed by atoms with Gasteiger partial charge in [0.15, 0.2) is 0 Å². The Balaban J connectivity index is 1.43. The molecule has 1 N–H and O–H groups in total. The lowest BCUT2D eigenvalue weighted by molar-refractivity contribution is 0.00167. The van der Waals surface area contributed by atoms with Gasteiger partial charge in [-0.05, 0) is 38.0 Å². The summed E-state index contributed by atoms with van der Waals surface area (Å²) in [6.07, 6.45) is 1.03. The number of aryl methyl sites for hydroxylation is 2. The van der Waals surface area contributed by atoms with Gasteiger partial charge in [-0.15, -0.1) is 0 Å². The lowest BCUT2D eigenvalue weighted by Crippen LogP contribution is -2.52. The molecule has 5 rings (SSSR count). The molecule has 0 aliphatic carbocycles. The van der Waals surface area contributed by atoms with Crippen molar-refractivity contribution < 1.29 is 14.3 Å². The van der Waals surface area contributed by atoms with E-state index in [0.717, 1.165) is 73.7 Å². The Hall–Kier alpha value is -2.80. The summed E-state index contributed by atoms with van der Waals surface area (Å²) in [5.74, 6) is 0.375. The fraction of sp³-hybridized carbons (Fsp3) is 0.429. The number of rotatable bonds is 6. The number of hydrogen-bond donors (Lipinski definition) is 1. The second kappa shape index (κ2) is 10.2. The molecule has 2 aliphatic heterocycles. The fourth-order valence-corrected chi connectivity index (χ4v) is 5.25. The Labute approximate surface area is 201 Å². The lowest BCUT2D eigenvalue weighted by atomic mass is 9.96. The average molecular weight is 460 g/mol. The Morgan fingerprint density at radius 2 is 1.91 bits per heavy atom. The number of morpholine rings is 1. The fourth-order valence-electron chi connectivity index (χ4n) is 5.25. The number of ether oxygens (including phenoxy) is 2. The Morgan fingerprint density at radius 3 is 2.68 bits per heavy atom. The number of pyridine rings is 1. The predicted octanol–water partition coefficient (Wildman–Crippen LogP) is 3.99. The zero-order valence-corrected chi connectivity index (χ0v) is 20.0. The summed E-state index contributed by atoms with van der Waals surface area (Å²) < 4.78 is 11.2. The van der Waals surface area contributed by atoms with Crippen molar-refractivity contribution in [3.63, 3.8) is 0 Å². The molecule has 178 valence electrons. The number of hydrogen-bond acceptors (Lipinski definition) is 5. The summed E-state index contributed by atoms with van der Waals surface area (Å²) in [5.41, 5.74) is 5.76. The maximum atomic E-state index is 13.6. The minimum absolute atomic E-state index is 0.0539. The van der Waals surface area contributed by atoms with Gasteiger partial charge < -0.3 is 14.8 Å². The average Bonchev–Trinajstić information content (AvgIpc) is 3.39. The smallest absolute Gasteiger partial charge is 0.252 e. The molecule has 1 amide bonds. The highest BCUT2D eigenvalue weighted by atomic mass is 16.5. The molecule has 6 heteroatoms. The van der Waals surface area contributed by atoms with Crippen LogP contribution in [0.3, 0.4) is 0 Å². The molecule has 2 atom stereocenters. The lowest BCUT2D eigenvalue weighted by Gasteiger charge is -2.37. The van der Waals surface area contributed by atoms with E-state index in [0.29, 0.717) is 18.0 Å². The third kappa shape index (κ3) is 4.85. The minimum Gasteiger partial charge on any atom is -0.381 e. The quantitative estimate of drug-likeness (QED) is 0.604. The van der Waals surface area contributed by atoms with Crippen LogP contribution < -0.4 is 5.32 Å². The summed E-state index contributed by atoms with van der Waals surface area (Å²) in [6, 6.07) is 16.4. The van der Waals surface area contributed by atoms with Crippen LogP contribution in [0.2, 0.25) is 0 Å². The molecule has 3 heterocycles. The number of fused-ring (bicyclic) bond motifs is 1. The number of benzene rings is 2. The molecule has 2 aromatic carbocycles. The number of amides is 1. The Bertz CT molecular complexity index is 1170. The van der Waals surface area contributed by atoms with Gasteiger partial charge in [-0.1, -0.05) is 42.0 Å². The summed E-state index contributed by atoms with van der Waals surface area (Å²) in [6.45, 7) is 9.61. The van der Waals surface area contributed by atoms with E-state index < -0.39 is 0 Å². The van der Waals surface area contributed by atoms with Crippen molar-refractivity contribution in [1.29, 1.82) is 0 Å². The third-order valence-corrected chi connectivity index (χ3v) is 7.11. The van der Waals surface area contributed by atoms with Crippen molar-refractivity contribution in [1.82, 2.24) is 15.2 Å². The van der Waals surface area contributed by atoms with E-state index in [4.69, 9.17) is 14.5 Å². The van der Waals surface area contributed by atoms with Crippen molar-refractivity contribution >= 4 is 16.8 Å². The van der Waals surface area contributed by atoms with E-state index in [1.165, 1.54) is 5.56 Å². The van der Waals surface area contributed by atoms with Crippen LogP contribution in [0.1, 0.15) is 27.9 Å². The first kappa shape index (κ1) is 23.0. The van der Waals surface area contributed by atoms with Gasteiger partial charge in [-0.2, -0.15) is 0 Å². The van der Waals surface area contributed by atoms with Gasteiger partial charge in [-0.3, -0.25) is 9.69 Å².